The van der Waals surface area contributed by atoms with E-state index in [9.17, 15) is 9.59 Å². The quantitative estimate of drug-likeness (QED) is 0.708. The first kappa shape index (κ1) is 15.9. The molecular formula is C14H21N3O3. The number of carboxylic acids is 1. The topological polar surface area (TPSA) is 91.3 Å². The van der Waals surface area contributed by atoms with Crippen LogP contribution in [-0.2, 0) is 4.79 Å². The summed E-state index contributed by atoms with van der Waals surface area (Å²) in [5.41, 5.74) is 0.849. The minimum Gasteiger partial charge on any atom is -0.478 e. The van der Waals surface area contributed by atoms with Gasteiger partial charge < -0.3 is 15.7 Å². The van der Waals surface area contributed by atoms with E-state index in [1.54, 1.807) is 6.07 Å². The van der Waals surface area contributed by atoms with Gasteiger partial charge >= 0.3 is 5.97 Å². The van der Waals surface area contributed by atoms with E-state index < -0.39 is 5.97 Å². The zero-order valence-corrected chi connectivity index (χ0v) is 12.1. The number of aromatic nitrogens is 1. The van der Waals surface area contributed by atoms with E-state index in [1.807, 2.05) is 20.8 Å². The van der Waals surface area contributed by atoms with Gasteiger partial charge in [-0.05, 0) is 24.5 Å². The van der Waals surface area contributed by atoms with E-state index in [0.29, 0.717) is 18.1 Å². The highest BCUT2D eigenvalue weighted by molar-refractivity contribution is 5.89. The second-order valence-electron chi connectivity index (χ2n) is 4.83. The van der Waals surface area contributed by atoms with Gasteiger partial charge in [-0.25, -0.2) is 9.78 Å². The SMILES string of the molecule is CCCNC(=O)CNc1cc(C(=O)O)cc(C(C)C)n1. The molecule has 0 aliphatic heterocycles. The van der Waals surface area contributed by atoms with Crippen molar-refractivity contribution in [1.82, 2.24) is 10.3 Å². The van der Waals surface area contributed by atoms with Crippen molar-refractivity contribution in [3.63, 3.8) is 0 Å². The largest absolute Gasteiger partial charge is 0.478 e. The summed E-state index contributed by atoms with van der Waals surface area (Å²) in [5, 5.41) is 14.7. The minimum absolute atomic E-state index is 0.0770. The molecular weight excluding hydrogens is 258 g/mol. The number of hydrogen-bond acceptors (Lipinski definition) is 4. The third-order valence-corrected chi connectivity index (χ3v) is 2.69. The van der Waals surface area contributed by atoms with Gasteiger partial charge in [0, 0.05) is 12.2 Å². The summed E-state index contributed by atoms with van der Waals surface area (Å²) in [7, 11) is 0. The lowest BCUT2D eigenvalue weighted by Crippen LogP contribution is -2.30. The van der Waals surface area contributed by atoms with E-state index in [2.05, 4.69) is 15.6 Å². The van der Waals surface area contributed by atoms with Crippen LogP contribution in [0.15, 0.2) is 12.1 Å². The number of anilines is 1. The highest BCUT2D eigenvalue weighted by atomic mass is 16.4. The van der Waals surface area contributed by atoms with Crippen LogP contribution in [0.3, 0.4) is 0 Å². The zero-order chi connectivity index (χ0) is 15.1. The Morgan fingerprint density at radius 2 is 2.05 bits per heavy atom. The fraction of sp³-hybridized carbons (Fsp3) is 0.500. The van der Waals surface area contributed by atoms with Crippen LogP contribution in [0.25, 0.3) is 0 Å². The molecule has 0 saturated heterocycles. The first-order chi connectivity index (χ1) is 9.43. The number of carbonyl (C=O) groups excluding carboxylic acids is 1. The van der Waals surface area contributed by atoms with Crippen LogP contribution in [0, 0.1) is 0 Å². The van der Waals surface area contributed by atoms with Gasteiger partial charge in [-0.3, -0.25) is 4.79 Å². The number of rotatable bonds is 7. The Morgan fingerprint density at radius 1 is 1.35 bits per heavy atom. The van der Waals surface area contributed by atoms with Crippen molar-refractivity contribution in [2.24, 2.45) is 0 Å². The molecule has 1 heterocycles. The smallest absolute Gasteiger partial charge is 0.335 e. The molecule has 0 bridgehead atoms. The molecule has 0 fully saturated rings. The molecule has 0 unspecified atom stereocenters. The molecule has 110 valence electrons. The summed E-state index contributed by atoms with van der Waals surface area (Å²) in [4.78, 5) is 26.9. The molecule has 6 nitrogen and oxygen atoms in total. The fourth-order valence-corrected chi connectivity index (χ4v) is 1.56. The molecule has 0 spiro atoms. The molecule has 0 saturated carbocycles. The summed E-state index contributed by atoms with van der Waals surface area (Å²) in [6.07, 6.45) is 0.871. The Balaban J connectivity index is 2.78. The molecule has 3 N–H and O–H groups in total. The number of aromatic carboxylic acids is 1. The lowest BCUT2D eigenvalue weighted by molar-refractivity contribution is -0.119. The molecule has 0 aliphatic rings. The van der Waals surface area contributed by atoms with Crippen LogP contribution in [-0.4, -0.2) is 35.1 Å². The Morgan fingerprint density at radius 3 is 2.60 bits per heavy atom. The summed E-state index contributed by atoms with van der Waals surface area (Å²) in [6.45, 7) is 6.55. The Hall–Kier alpha value is -2.11. The van der Waals surface area contributed by atoms with Crippen LogP contribution < -0.4 is 10.6 Å². The fourth-order valence-electron chi connectivity index (χ4n) is 1.56. The van der Waals surface area contributed by atoms with Gasteiger partial charge in [-0.2, -0.15) is 0 Å². The van der Waals surface area contributed by atoms with Crippen molar-refractivity contribution in [3.05, 3.63) is 23.4 Å². The van der Waals surface area contributed by atoms with Crippen molar-refractivity contribution in [1.29, 1.82) is 0 Å². The van der Waals surface area contributed by atoms with Crippen molar-refractivity contribution >= 4 is 17.7 Å². The number of pyridine rings is 1. The lowest BCUT2D eigenvalue weighted by atomic mass is 10.1. The monoisotopic (exact) mass is 279 g/mol. The number of nitrogens with zero attached hydrogens (tertiary/aromatic N) is 1. The third-order valence-electron chi connectivity index (χ3n) is 2.69. The summed E-state index contributed by atoms with van der Waals surface area (Å²) in [6, 6.07) is 2.98. The first-order valence-corrected chi connectivity index (χ1v) is 6.69. The Kier molecular flexibility index (Phi) is 5.96. The average Bonchev–Trinajstić information content (AvgIpc) is 2.42. The van der Waals surface area contributed by atoms with Gasteiger partial charge in [0.1, 0.15) is 5.82 Å². The number of hydrogen-bond donors (Lipinski definition) is 3. The molecule has 1 rings (SSSR count). The maximum atomic E-state index is 11.5. The van der Waals surface area contributed by atoms with Gasteiger partial charge in [0.2, 0.25) is 5.91 Å². The highest BCUT2D eigenvalue weighted by Gasteiger charge is 2.11. The number of carboxylic acid groups (broad SMARTS) is 1. The van der Waals surface area contributed by atoms with Gasteiger partial charge in [0.25, 0.3) is 0 Å². The second-order valence-corrected chi connectivity index (χ2v) is 4.83. The van der Waals surface area contributed by atoms with Crippen LogP contribution in [0.1, 0.15) is 49.2 Å². The zero-order valence-electron chi connectivity index (χ0n) is 12.1. The summed E-state index contributed by atoms with van der Waals surface area (Å²) < 4.78 is 0. The van der Waals surface area contributed by atoms with Crippen molar-refractivity contribution in [2.45, 2.75) is 33.1 Å². The van der Waals surface area contributed by atoms with E-state index in [4.69, 9.17) is 5.11 Å². The molecule has 1 amide bonds. The molecule has 0 aliphatic carbocycles. The van der Waals surface area contributed by atoms with E-state index in [1.165, 1.54) is 6.07 Å². The molecule has 0 radical (unpaired) electrons. The van der Waals surface area contributed by atoms with Crippen molar-refractivity contribution < 1.29 is 14.7 Å². The van der Waals surface area contributed by atoms with Gasteiger partial charge in [-0.1, -0.05) is 20.8 Å². The third kappa shape index (κ3) is 4.87. The number of nitrogens with one attached hydrogen (secondary N) is 2. The van der Waals surface area contributed by atoms with Crippen LogP contribution in [0.4, 0.5) is 5.82 Å². The standard InChI is InChI=1S/C14H21N3O3/c1-4-5-15-13(18)8-16-12-7-10(14(19)20)6-11(17-12)9(2)3/h6-7,9H,4-5,8H2,1-3H3,(H,15,18)(H,16,17)(H,19,20). The molecule has 1 aromatic heterocycles. The molecule has 0 atom stereocenters. The van der Waals surface area contributed by atoms with Crippen LogP contribution in [0.2, 0.25) is 0 Å². The van der Waals surface area contributed by atoms with Crippen LogP contribution in [0.5, 0.6) is 0 Å². The van der Waals surface area contributed by atoms with Gasteiger partial charge in [0.15, 0.2) is 0 Å². The lowest BCUT2D eigenvalue weighted by Gasteiger charge is -2.11. The Labute approximate surface area is 118 Å². The average molecular weight is 279 g/mol. The highest BCUT2D eigenvalue weighted by Crippen LogP contribution is 2.17. The van der Waals surface area contributed by atoms with Gasteiger partial charge in [0.05, 0.1) is 12.1 Å². The van der Waals surface area contributed by atoms with Crippen molar-refractivity contribution in [3.8, 4) is 0 Å². The minimum atomic E-state index is -1.01. The number of carbonyl (C=O) groups is 2. The Bertz CT molecular complexity index is 487. The molecule has 1 aromatic rings. The first-order valence-electron chi connectivity index (χ1n) is 6.69. The summed E-state index contributed by atoms with van der Waals surface area (Å²) in [5.74, 6) is -0.628. The van der Waals surface area contributed by atoms with Gasteiger partial charge in [-0.15, -0.1) is 0 Å². The summed E-state index contributed by atoms with van der Waals surface area (Å²) >= 11 is 0. The predicted molar refractivity (Wildman–Crippen MR) is 77.1 cm³/mol. The number of amides is 1. The van der Waals surface area contributed by atoms with Crippen LogP contribution >= 0.6 is 0 Å². The van der Waals surface area contributed by atoms with E-state index in [-0.39, 0.29) is 23.9 Å². The van der Waals surface area contributed by atoms with E-state index in [0.717, 1.165) is 6.42 Å². The second kappa shape index (κ2) is 7.47. The molecule has 20 heavy (non-hydrogen) atoms. The molecule has 6 heteroatoms. The van der Waals surface area contributed by atoms with E-state index >= 15 is 0 Å². The van der Waals surface area contributed by atoms with Crippen molar-refractivity contribution in [2.75, 3.05) is 18.4 Å². The maximum absolute atomic E-state index is 11.5. The predicted octanol–water partition coefficient (Wildman–Crippen LogP) is 1.84. The maximum Gasteiger partial charge on any atom is 0.335 e. The normalized spacial score (nSPS) is 10.4. The molecule has 0 aromatic carbocycles.